The lowest BCUT2D eigenvalue weighted by molar-refractivity contribution is -0.115. The summed E-state index contributed by atoms with van der Waals surface area (Å²) in [6.07, 6.45) is 0. The van der Waals surface area contributed by atoms with Gasteiger partial charge in [-0.05, 0) is 32.9 Å². The molecule has 0 aliphatic carbocycles. The molecule has 0 aliphatic rings. The molecule has 7 heteroatoms. The van der Waals surface area contributed by atoms with Gasteiger partial charge in [0.05, 0.1) is 17.5 Å². The fraction of sp³-hybridized carbons (Fsp3) is 0.286. The second-order valence-electron chi connectivity index (χ2n) is 6.09. The Hall–Kier alpha value is -2.80. The summed E-state index contributed by atoms with van der Waals surface area (Å²) in [5.74, 6) is 1.36. The molecule has 1 unspecified atom stereocenters. The number of nitrogens with one attached hydrogen (secondary N) is 1. The van der Waals surface area contributed by atoms with Crippen LogP contribution in [0, 0.1) is 0 Å². The van der Waals surface area contributed by atoms with Gasteiger partial charge in [0.1, 0.15) is 5.75 Å². The summed E-state index contributed by atoms with van der Waals surface area (Å²) in [5.41, 5.74) is 1.68. The zero-order valence-corrected chi connectivity index (χ0v) is 17.1. The zero-order valence-electron chi connectivity index (χ0n) is 16.3. The highest BCUT2D eigenvalue weighted by molar-refractivity contribution is 8.00. The molecule has 3 aromatic rings. The van der Waals surface area contributed by atoms with Gasteiger partial charge in [-0.1, -0.05) is 54.2 Å². The molecule has 0 aliphatic heterocycles. The molecule has 1 atom stereocenters. The van der Waals surface area contributed by atoms with Crippen molar-refractivity contribution in [2.24, 2.45) is 0 Å². The van der Waals surface area contributed by atoms with E-state index in [1.165, 1.54) is 11.8 Å². The predicted molar refractivity (Wildman–Crippen MR) is 113 cm³/mol. The van der Waals surface area contributed by atoms with Gasteiger partial charge in [-0.3, -0.25) is 4.79 Å². The molecule has 6 nitrogen and oxygen atoms in total. The van der Waals surface area contributed by atoms with Crippen molar-refractivity contribution < 1.29 is 9.53 Å². The number of thioether (sulfide) groups is 1. The van der Waals surface area contributed by atoms with Crippen molar-refractivity contribution >= 4 is 23.4 Å². The Balaban J connectivity index is 1.74. The minimum Gasteiger partial charge on any atom is -0.492 e. The number of carbonyl (C=O) groups is 1. The lowest BCUT2D eigenvalue weighted by atomic mass is 10.2. The maximum absolute atomic E-state index is 12.7. The van der Waals surface area contributed by atoms with E-state index in [4.69, 9.17) is 4.74 Å². The highest BCUT2D eigenvalue weighted by Crippen LogP contribution is 2.29. The summed E-state index contributed by atoms with van der Waals surface area (Å²) in [6, 6.07) is 17.4. The van der Waals surface area contributed by atoms with Crippen molar-refractivity contribution in [2.45, 2.75) is 37.7 Å². The van der Waals surface area contributed by atoms with E-state index < -0.39 is 0 Å². The van der Waals surface area contributed by atoms with Gasteiger partial charge in [0.25, 0.3) is 0 Å². The van der Waals surface area contributed by atoms with E-state index in [1.54, 1.807) is 0 Å². The van der Waals surface area contributed by atoms with Gasteiger partial charge >= 0.3 is 0 Å². The highest BCUT2D eigenvalue weighted by atomic mass is 32.2. The Bertz CT molecular complexity index is 927. The lowest BCUT2D eigenvalue weighted by Crippen LogP contribution is -2.23. The fourth-order valence-corrected chi connectivity index (χ4v) is 3.67. The number of ether oxygens (including phenoxy) is 1. The van der Waals surface area contributed by atoms with Crippen molar-refractivity contribution in [1.82, 2.24) is 14.8 Å². The van der Waals surface area contributed by atoms with Crippen molar-refractivity contribution in [1.29, 1.82) is 0 Å². The van der Waals surface area contributed by atoms with Crippen molar-refractivity contribution in [3.05, 3.63) is 54.6 Å². The average Bonchev–Trinajstić information content (AvgIpc) is 3.12. The van der Waals surface area contributed by atoms with Crippen LogP contribution in [0.3, 0.4) is 0 Å². The third-order valence-corrected chi connectivity index (χ3v) is 5.24. The van der Waals surface area contributed by atoms with Crippen LogP contribution in [0.25, 0.3) is 11.4 Å². The molecule has 1 amide bonds. The van der Waals surface area contributed by atoms with Crippen molar-refractivity contribution in [3.8, 4) is 17.1 Å². The van der Waals surface area contributed by atoms with Gasteiger partial charge < -0.3 is 14.6 Å². The largest absolute Gasteiger partial charge is 0.492 e. The molecule has 0 radical (unpaired) electrons. The Kier molecular flexibility index (Phi) is 6.71. The van der Waals surface area contributed by atoms with Gasteiger partial charge in [-0.2, -0.15) is 0 Å². The molecule has 3 rings (SSSR count). The molecule has 28 heavy (non-hydrogen) atoms. The number of aromatic nitrogens is 3. The van der Waals surface area contributed by atoms with Crippen molar-refractivity contribution in [2.75, 3.05) is 11.9 Å². The first-order valence-corrected chi connectivity index (χ1v) is 10.2. The van der Waals surface area contributed by atoms with Gasteiger partial charge in [0.15, 0.2) is 11.0 Å². The maximum Gasteiger partial charge on any atom is 0.237 e. The van der Waals surface area contributed by atoms with Crippen molar-refractivity contribution in [3.63, 3.8) is 0 Å². The quantitative estimate of drug-likeness (QED) is 0.569. The van der Waals surface area contributed by atoms with Crippen LogP contribution in [0.15, 0.2) is 59.8 Å². The normalized spacial score (nSPS) is 11.8. The standard InChI is InChI=1S/C21H24N4O2S/c1-4-25-19(16-11-7-6-8-12-16)23-24-21(25)28-15(3)20(26)22-17-13-9-10-14-18(17)27-5-2/h6-15H,4-5H2,1-3H3,(H,22,26). The van der Waals surface area contributed by atoms with Crippen LogP contribution in [0.5, 0.6) is 5.75 Å². The van der Waals surface area contributed by atoms with Gasteiger partial charge in [-0.25, -0.2) is 0 Å². The Morgan fingerprint density at radius 2 is 1.82 bits per heavy atom. The van der Waals surface area contributed by atoms with E-state index in [9.17, 15) is 4.79 Å². The monoisotopic (exact) mass is 396 g/mol. The molecule has 0 saturated heterocycles. The number of anilines is 1. The number of hydrogen-bond donors (Lipinski definition) is 1. The van der Waals surface area contributed by atoms with Crippen LogP contribution in [0.4, 0.5) is 5.69 Å². The Morgan fingerprint density at radius 3 is 2.54 bits per heavy atom. The highest BCUT2D eigenvalue weighted by Gasteiger charge is 2.21. The maximum atomic E-state index is 12.7. The van der Waals surface area contributed by atoms with E-state index in [2.05, 4.69) is 15.5 Å². The molecular formula is C21H24N4O2S. The summed E-state index contributed by atoms with van der Waals surface area (Å²) in [4.78, 5) is 12.7. The molecule has 0 fully saturated rings. The van der Waals surface area contributed by atoms with E-state index in [0.717, 1.165) is 23.1 Å². The molecule has 0 saturated carbocycles. The average molecular weight is 397 g/mol. The molecule has 1 aromatic heterocycles. The number of rotatable bonds is 8. The first-order valence-electron chi connectivity index (χ1n) is 9.32. The third kappa shape index (κ3) is 4.54. The smallest absolute Gasteiger partial charge is 0.237 e. The van der Waals surface area contributed by atoms with E-state index in [0.29, 0.717) is 18.0 Å². The number of hydrogen-bond acceptors (Lipinski definition) is 5. The topological polar surface area (TPSA) is 69.0 Å². The van der Waals surface area contributed by atoms with Crippen LogP contribution < -0.4 is 10.1 Å². The number of para-hydroxylation sites is 2. The minimum absolute atomic E-state index is 0.107. The van der Waals surface area contributed by atoms with Crippen LogP contribution in [-0.4, -0.2) is 32.5 Å². The van der Waals surface area contributed by atoms with Crippen LogP contribution in [0.2, 0.25) is 0 Å². The molecule has 146 valence electrons. The Morgan fingerprint density at radius 1 is 1.11 bits per heavy atom. The van der Waals surface area contributed by atoms with Gasteiger partial charge in [-0.15, -0.1) is 10.2 Å². The van der Waals surface area contributed by atoms with Crippen LogP contribution in [-0.2, 0) is 11.3 Å². The second kappa shape index (κ2) is 9.41. The number of carbonyl (C=O) groups excluding carboxylic acids is 1. The summed E-state index contributed by atoms with van der Waals surface area (Å²) in [6.45, 7) is 7.09. The number of benzene rings is 2. The summed E-state index contributed by atoms with van der Waals surface area (Å²) in [7, 11) is 0. The molecule has 1 heterocycles. The molecule has 2 aromatic carbocycles. The second-order valence-corrected chi connectivity index (χ2v) is 7.40. The fourth-order valence-electron chi connectivity index (χ4n) is 2.76. The Labute approximate surface area is 169 Å². The van der Waals surface area contributed by atoms with Gasteiger partial charge in [0, 0.05) is 12.1 Å². The number of nitrogens with zero attached hydrogens (tertiary/aromatic N) is 3. The zero-order chi connectivity index (χ0) is 19.9. The first kappa shape index (κ1) is 19.9. The molecule has 0 bridgehead atoms. The molecule has 0 spiro atoms. The summed E-state index contributed by atoms with van der Waals surface area (Å²) >= 11 is 1.39. The third-order valence-electron chi connectivity index (χ3n) is 4.16. The first-order chi connectivity index (χ1) is 13.6. The van der Waals surface area contributed by atoms with E-state index in [1.807, 2.05) is 79.9 Å². The summed E-state index contributed by atoms with van der Waals surface area (Å²) < 4.78 is 7.60. The minimum atomic E-state index is -0.340. The number of amides is 1. The van der Waals surface area contributed by atoms with E-state index >= 15 is 0 Å². The van der Waals surface area contributed by atoms with Crippen LogP contribution >= 0.6 is 11.8 Å². The van der Waals surface area contributed by atoms with E-state index in [-0.39, 0.29) is 11.2 Å². The SMILES string of the molecule is CCOc1ccccc1NC(=O)C(C)Sc1nnc(-c2ccccc2)n1CC. The van der Waals surface area contributed by atoms with Crippen LogP contribution in [0.1, 0.15) is 20.8 Å². The molecular weight excluding hydrogens is 372 g/mol. The summed E-state index contributed by atoms with van der Waals surface area (Å²) in [5, 5.41) is 12.0. The predicted octanol–water partition coefficient (Wildman–Crippen LogP) is 4.48. The molecule has 1 N–H and O–H groups in total. The van der Waals surface area contributed by atoms with Gasteiger partial charge in [0.2, 0.25) is 5.91 Å². The lowest BCUT2D eigenvalue weighted by Gasteiger charge is -2.15.